The summed E-state index contributed by atoms with van der Waals surface area (Å²) in [5, 5.41) is 5.14. The number of benzene rings is 1. The molecule has 2 N–H and O–H groups in total. The summed E-state index contributed by atoms with van der Waals surface area (Å²) in [5.41, 5.74) is 0.710. The number of amides is 2. The van der Waals surface area contributed by atoms with Crippen LogP contribution in [0.3, 0.4) is 0 Å². The van der Waals surface area contributed by atoms with Crippen molar-refractivity contribution in [2.24, 2.45) is 0 Å². The van der Waals surface area contributed by atoms with E-state index in [1.807, 2.05) is 0 Å². The van der Waals surface area contributed by atoms with E-state index in [2.05, 4.69) is 15.4 Å². The number of carbonyl (C=O) groups is 2. The molecule has 0 aromatic heterocycles. The number of esters is 1. The monoisotopic (exact) mass is 296 g/mol. The Kier molecular flexibility index (Phi) is 6.32. The number of ether oxygens (including phenoxy) is 3. The zero-order valence-electron chi connectivity index (χ0n) is 12.6. The fourth-order valence-corrected chi connectivity index (χ4v) is 1.80. The fraction of sp³-hybridized carbons (Fsp3) is 0.429. The van der Waals surface area contributed by atoms with E-state index >= 15 is 0 Å². The summed E-state index contributed by atoms with van der Waals surface area (Å²) in [7, 11) is 5.85. The Balaban J connectivity index is 3.06. The lowest BCUT2D eigenvalue weighted by atomic mass is 10.0. The summed E-state index contributed by atoms with van der Waals surface area (Å²) in [6.07, 6.45) is 0.0133. The molecule has 0 bridgehead atoms. The Labute approximate surface area is 123 Å². The molecule has 1 aromatic carbocycles. The third kappa shape index (κ3) is 4.55. The number of urea groups is 1. The molecule has 0 saturated carbocycles. The minimum atomic E-state index is -0.530. The van der Waals surface area contributed by atoms with Crippen molar-refractivity contribution in [3.63, 3.8) is 0 Å². The molecule has 0 spiro atoms. The molecule has 0 saturated heterocycles. The maximum Gasteiger partial charge on any atom is 0.315 e. The highest BCUT2D eigenvalue weighted by molar-refractivity contribution is 5.76. The predicted octanol–water partition coefficient (Wildman–Crippen LogP) is 1.24. The van der Waals surface area contributed by atoms with Gasteiger partial charge in [-0.25, -0.2) is 4.79 Å². The molecule has 1 aromatic rings. The van der Waals surface area contributed by atoms with Gasteiger partial charge in [0.15, 0.2) is 11.5 Å². The van der Waals surface area contributed by atoms with Crippen LogP contribution >= 0.6 is 0 Å². The molecule has 116 valence electrons. The van der Waals surface area contributed by atoms with Crippen LogP contribution in [0.5, 0.6) is 11.5 Å². The summed E-state index contributed by atoms with van der Waals surface area (Å²) in [6, 6.07) is 4.26. The minimum Gasteiger partial charge on any atom is -0.493 e. The minimum absolute atomic E-state index is 0.0133. The van der Waals surface area contributed by atoms with Crippen molar-refractivity contribution in [3.05, 3.63) is 23.8 Å². The topological polar surface area (TPSA) is 85.9 Å². The number of carbonyl (C=O) groups excluding carboxylic acids is 2. The molecule has 0 radical (unpaired) electrons. The Morgan fingerprint density at radius 3 is 2.33 bits per heavy atom. The van der Waals surface area contributed by atoms with Crippen molar-refractivity contribution < 1.29 is 23.8 Å². The Morgan fingerprint density at radius 2 is 1.81 bits per heavy atom. The van der Waals surface area contributed by atoms with E-state index in [4.69, 9.17) is 9.47 Å². The van der Waals surface area contributed by atoms with Crippen molar-refractivity contribution >= 4 is 12.0 Å². The van der Waals surface area contributed by atoms with Gasteiger partial charge in [-0.15, -0.1) is 0 Å². The van der Waals surface area contributed by atoms with Crippen LogP contribution in [-0.4, -0.2) is 40.4 Å². The molecule has 0 fully saturated rings. The van der Waals surface area contributed by atoms with Gasteiger partial charge in [-0.2, -0.15) is 0 Å². The van der Waals surface area contributed by atoms with Crippen molar-refractivity contribution in [2.45, 2.75) is 12.5 Å². The van der Waals surface area contributed by atoms with Crippen LogP contribution in [0.25, 0.3) is 0 Å². The van der Waals surface area contributed by atoms with Gasteiger partial charge in [0.1, 0.15) is 0 Å². The summed E-state index contributed by atoms with van der Waals surface area (Å²) in [5.74, 6) is 0.660. The van der Waals surface area contributed by atoms with Crippen LogP contribution in [0.15, 0.2) is 18.2 Å². The van der Waals surface area contributed by atoms with Gasteiger partial charge in [0.05, 0.1) is 33.8 Å². The third-order valence-electron chi connectivity index (χ3n) is 2.94. The number of nitrogens with one attached hydrogen (secondary N) is 2. The van der Waals surface area contributed by atoms with Gasteiger partial charge in [-0.05, 0) is 17.7 Å². The van der Waals surface area contributed by atoms with E-state index < -0.39 is 18.0 Å². The van der Waals surface area contributed by atoms with E-state index in [9.17, 15) is 9.59 Å². The van der Waals surface area contributed by atoms with Crippen LogP contribution in [-0.2, 0) is 9.53 Å². The molecule has 21 heavy (non-hydrogen) atoms. The van der Waals surface area contributed by atoms with Gasteiger partial charge in [0.2, 0.25) is 0 Å². The SMILES string of the molecule is CNC(=O)N[C@H](CC(=O)OC)c1ccc(OC)c(OC)c1. The summed E-state index contributed by atoms with van der Waals surface area (Å²) in [4.78, 5) is 23.0. The number of hydrogen-bond donors (Lipinski definition) is 2. The number of methoxy groups -OCH3 is 3. The molecule has 0 aliphatic rings. The average Bonchev–Trinajstić information content (AvgIpc) is 2.52. The average molecular weight is 296 g/mol. The van der Waals surface area contributed by atoms with Crippen molar-refractivity contribution in [3.8, 4) is 11.5 Å². The highest BCUT2D eigenvalue weighted by atomic mass is 16.5. The summed E-state index contributed by atoms with van der Waals surface area (Å²) < 4.78 is 15.0. The first-order valence-electron chi connectivity index (χ1n) is 6.32. The Hall–Kier alpha value is -2.44. The van der Waals surface area contributed by atoms with E-state index in [-0.39, 0.29) is 6.42 Å². The standard InChI is InChI=1S/C14H20N2O5/c1-15-14(18)16-10(8-13(17)21-4)9-5-6-11(19-2)12(7-9)20-3/h5-7,10H,8H2,1-4H3,(H2,15,16,18)/t10-/m1/s1. The highest BCUT2D eigenvalue weighted by Crippen LogP contribution is 2.31. The predicted molar refractivity (Wildman–Crippen MR) is 76.5 cm³/mol. The first kappa shape index (κ1) is 16.6. The van der Waals surface area contributed by atoms with Crippen LogP contribution in [0.4, 0.5) is 4.79 Å². The molecule has 1 rings (SSSR count). The van der Waals surface area contributed by atoms with Crippen LogP contribution in [0.1, 0.15) is 18.0 Å². The lowest BCUT2D eigenvalue weighted by Crippen LogP contribution is -2.36. The van der Waals surface area contributed by atoms with Crippen LogP contribution in [0.2, 0.25) is 0 Å². The summed E-state index contributed by atoms with van der Waals surface area (Å²) >= 11 is 0. The summed E-state index contributed by atoms with van der Waals surface area (Å²) in [6.45, 7) is 0. The maximum absolute atomic E-state index is 11.5. The quantitative estimate of drug-likeness (QED) is 0.771. The van der Waals surface area contributed by atoms with Crippen molar-refractivity contribution in [1.29, 1.82) is 0 Å². The van der Waals surface area contributed by atoms with E-state index in [0.717, 1.165) is 0 Å². The smallest absolute Gasteiger partial charge is 0.315 e. The van der Waals surface area contributed by atoms with E-state index in [1.54, 1.807) is 18.2 Å². The first-order valence-corrected chi connectivity index (χ1v) is 6.32. The van der Waals surface area contributed by atoms with Gasteiger partial charge in [-0.1, -0.05) is 6.07 Å². The lowest BCUT2D eigenvalue weighted by molar-refractivity contribution is -0.141. The molecule has 0 unspecified atom stereocenters. The molecule has 0 aliphatic carbocycles. The molecule has 7 nitrogen and oxygen atoms in total. The van der Waals surface area contributed by atoms with Gasteiger partial charge in [0.25, 0.3) is 0 Å². The zero-order valence-corrected chi connectivity index (χ0v) is 12.6. The Morgan fingerprint density at radius 1 is 1.14 bits per heavy atom. The van der Waals surface area contributed by atoms with Gasteiger partial charge in [0, 0.05) is 7.05 Å². The zero-order chi connectivity index (χ0) is 15.8. The van der Waals surface area contributed by atoms with Gasteiger partial charge in [-0.3, -0.25) is 4.79 Å². The fourth-order valence-electron chi connectivity index (χ4n) is 1.80. The van der Waals surface area contributed by atoms with Crippen molar-refractivity contribution in [1.82, 2.24) is 10.6 Å². The first-order chi connectivity index (χ1) is 10.0. The van der Waals surface area contributed by atoms with Gasteiger partial charge < -0.3 is 24.8 Å². The second-order valence-corrected chi connectivity index (χ2v) is 4.17. The molecule has 7 heteroatoms. The van der Waals surface area contributed by atoms with Crippen molar-refractivity contribution in [2.75, 3.05) is 28.4 Å². The second-order valence-electron chi connectivity index (χ2n) is 4.17. The Bertz CT molecular complexity index is 486. The molecule has 0 aliphatic heterocycles. The van der Waals surface area contributed by atoms with Crippen LogP contribution < -0.4 is 20.1 Å². The molecule has 2 amide bonds. The lowest BCUT2D eigenvalue weighted by Gasteiger charge is -2.19. The van der Waals surface area contributed by atoms with E-state index in [1.165, 1.54) is 28.4 Å². The molecular formula is C14H20N2O5. The number of hydrogen-bond acceptors (Lipinski definition) is 5. The molecule has 0 heterocycles. The highest BCUT2D eigenvalue weighted by Gasteiger charge is 2.20. The van der Waals surface area contributed by atoms with Gasteiger partial charge >= 0.3 is 12.0 Å². The number of rotatable bonds is 6. The second kappa shape index (κ2) is 7.98. The van der Waals surface area contributed by atoms with Crippen LogP contribution in [0, 0.1) is 0 Å². The molecule has 1 atom stereocenters. The van der Waals surface area contributed by atoms with E-state index in [0.29, 0.717) is 17.1 Å². The normalized spacial score (nSPS) is 11.2. The maximum atomic E-state index is 11.5. The largest absolute Gasteiger partial charge is 0.493 e. The molecular weight excluding hydrogens is 276 g/mol. The third-order valence-corrected chi connectivity index (χ3v) is 2.94.